The molecule has 9 nitrogen and oxygen atoms in total. The Morgan fingerprint density at radius 3 is 2.85 bits per heavy atom. The fourth-order valence-corrected chi connectivity index (χ4v) is 4.30. The molecule has 0 saturated heterocycles. The number of nitrogens with one attached hydrogen (secondary N) is 3. The molecule has 0 atom stereocenters. The van der Waals surface area contributed by atoms with Crippen molar-refractivity contribution in [3.63, 3.8) is 0 Å². The lowest BCUT2D eigenvalue weighted by molar-refractivity contribution is -0.137. The maximum absolute atomic E-state index is 12.2. The minimum absolute atomic E-state index is 0.0424. The molecule has 0 aromatic carbocycles. The topological polar surface area (TPSA) is 126 Å². The van der Waals surface area contributed by atoms with Gasteiger partial charge in [0, 0.05) is 23.7 Å². The average molecular weight is 412 g/mol. The van der Waals surface area contributed by atoms with E-state index in [9.17, 15) is 13.2 Å². The van der Waals surface area contributed by atoms with E-state index < -0.39 is 20.9 Å². The standard InChI is InChI=1S/C16H21N5O4S2/c1-4-6-17-13-14(16(22)25-5-2)27(23,24)21-15(13)18-7-8-26-9-12-11(3)19-10-20-12/h1,10,17H,5-9H2,2-3H3,(H,18,21)(H,19,20). The van der Waals surface area contributed by atoms with Crippen LogP contribution in [0.15, 0.2) is 21.3 Å². The van der Waals surface area contributed by atoms with Gasteiger partial charge in [0.1, 0.15) is 5.70 Å². The summed E-state index contributed by atoms with van der Waals surface area (Å²) in [4.78, 5) is 18.7. The van der Waals surface area contributed by atoms with E-state index in [4.69, 9.17) is 11.2 Å². The van der Waals surface area contributed by atoms with Gasteiger partial charge in [0.25, 0.3) is 10.0 Å². The second kappa shape index (κ2) is 9.48. The van der Waals surface area contributed by atoms with Crippen LogP contribution in [0.25, 0.3) is 0 Å². The van der Waals surface area contributed by atoms with Gasteiger partial charge in [0.05, 0.1) is 25.2 Å². The van der Waals surface area contributed by atoms with Crippen LogP contribution in [0.3, 0.4) is 0 Å². The van der Waals surface area contributed by atoms with Crippen LogP contribution in [0.4, 0.5) is 0 Å². The molecule has 1 aromatic heterocycles. The van der Waals surface area contributed by atoms with Crippen molar-refractivity contribution in [3.05, 3.63) is 28.3 Å². The van der Waals surface area contributed by atoms with Crippen LogP contribution >= 0.6 is 11.8 Å². The molecule has 0 spiro atoms. The zero-order valence-electron chi connectivity index (χ0n) is 15.0. The molecule has 2 rings (SSSR count). The lowest BCUT2D eigenvalue weighted by atomic mass is 10.3. The molecular weight excluding hydrogens is 390 g/mol. The molecule has 1 aliphatic heterocycles. The number of aromatic nitrogens is 2. The number of rotatable bonds is 9. The highest BCUT2D eigenvalue weighted by Gasteiger charge is 2.38. The van der Waals surface area contributed by atoms with Crippen LogP contribution in [0, 0.1) is 19.3 Å². The number of carbonyl (C=O) groups is 1. The minimum atomic E-state index is -4.14. The number of hydrogen-bond donors (Lipinski definition) is 3. The zero-order chi connectivity index (χ0) is 19.9. The van der Waals surface area contributed by atoms with E-state index in [0.29, 0.717) is 12.3 Å². The van der Waals surface area contributed by atoms with E-state index in [1.165, 1.54) is 0 Å². The lowest BCUT2D eigenvalue weighted by Gasteiger charge is -2.11. The van der Waals surface area contributed by atoms with Crippen molar-refractivity contribution in [2.24, 2.45) is 4.40 Å². The van der Waals surface area contributed by atoms with Crippen molar-refractivity contribution in [2.75, 3.05) is 25.4 Å². The predicted octanol–water partition coefficient (Wildman–Crippen LogP) is 0.280. The number of hydrogen-bond acceptors (Lipinski definition) is 8. The number of imidazole rings is 1. The Hall–Kier alpha value is -2.45. The Labute approximate surface area is 162 Å². The molecule has 11 heteroatoms. The summed E-state index contributed by atoms with van der Waals surface area (Å²) in [6.07, 6.45) is 6.87. The van der Waals surface area contributed by atoms with Crippen molar-refractivity contribution in [1.82, 2.24) is 20.6 Å². The van der Waals surface area contributed by atoms with Gasteiger partial charge >= 0.3 is 5.97 Å². The molecule has 2 heterocycles. The highest BCUT2D eigenvalue weighted by atomic mass is 32.2. The van der Waals surface area contributed by atoms with Gasteiger partial charge in [-0.05, 0) is 13.8 Å². The van der Waals surface area contributed by atoms with Crippen LogP contribution in [-0.2, 0) is 25.3 Å². The average Bonchev–Trinajstić information content (AvgIpc) is 3.12. The van der Waals surface area contributed by atoms with Gasteiger partial charge in [0.15, 0.2) is 5.84 Å². The van der Waals surface area contributed by atoms with Gasteiger partial charge in [-0.3, -0.25) is 0 Å². The quantitative estimate of drug-likeness (QED) is 0.301. The first kappa shape index (κ1) is 20.9. The van der Waals surface area contributed by atoms with Crippen LogP contribution < -0.4 is 10.6 Å². The molecule has 27 heavy (non-hydrogen) atoms. The lowest BCUT2D eigenvalue weighted by Crippen LogP contribution is -2.33. The Balaban J connectivity index is 2.02. The normalized spacial score (nSPS) is 15.2. The number of ether oxygens (including phenoxy) is 1. The van der Waals surface area contributed by atoms with E-state index in [-0.39, 0.29) is 24.7 Å². The highest BCUT2D eigenvalue weighted by Crippen LogP contribution is 2.23. The first-order chi connectivity index (χ1) is 12.9. The molecule has 3 N–H and O–H groups in total. The molecule has 146 valence electrons. The van der Waals surface area contributed by atoms with Crippen LogP contribution in [0.2, 0.25) is 0 Å². The summed E-state index contributed by atoms with van der Waals surface area (Å²) in [5.74, 6) is 2.89. The van der Waals surface area contributed by atoms with Crippen molar-refractivity contribution >= 4 is 33.6 Å². The third kappa shape index (κ3) is 5.27. The van der Waals surface area contributed by atoms with Gasteiger partial charge in [-0.1, -0.05) is 5.92 Å². The summed E-state index contributed by atoms with van der Waals surface area (Å²) < 4.78 is 33.0. The van der Waals surface area contributed by atoms with Crippen molar-refractivity contribution < 1.29 is 17.9 Å². The fraction of sp³-hybridized carbons (Fsp3) is 0.438. The van der Waals surface area contributed by atoms with E-state index in [0.717, 1.165) is 17.1 Å². The van der Waals surface area contributed by atoms with E-state index in [2.05, 4.69) is 30.9 Å². The second-order valence-corrected chi connectivity index (χ2v) is 7.99. The minimum Gasteiger partial charge on any atom is -0.462 e. The molecule has 0 fully saturated rings. The van der Waals surface area contributed by atoms with Crippen LogP contribution in [-0.4, -0.2) is 55.6 Å². The maximum atomic E-state index is 12.2. The second-order valence-electron chi connectivity index (χ2n) is 5.34. The molecule has 0 bridgehead atoms. The van der Waals surface area contributed by atoms with Crippen molar-refractivity contribution in [2.45, 2.75) is 19.6 Å². The summed E-state index contributed by atoms with van der Waals surface area (Å²) in [5.41, 5.74) is 2.03. The Morgan fingerprint density at radius 2 is 2.22 bits per heavy atom. The predicted molar refractivity (Wildman–Crippen MR) is 104 cm³/mol. The SMILES string of the molecule is C#CCNC1=C(C(=O)OCC)S(=O)(=O)N=C1NCCSCc1[nH]cnc1C. The largest absolute Gasteiger partial charge is 0.462 e. The zero-order valence-corrected chi connectivity index (χ0v) is 16.7. The molecular formula is C16H21N5O4S2. The Kier molecular flexibility index (Phi) is 7.32. The van der Waals surface area contributed by atoms with Crippen LogP contribution in [0.1, 0.15) is 18.3 Å². The summed E-state index contributed by atoms with van der Waals surface area (Å²) in [6.45, 7) is 4.06. The summed E-state index contributed by atoms with van der Waals surface area (Å²) >= 11 is 1.64. The molecule has 0 radical (unpaired) electrons. The Morgan fingerprint density at radius 1 is 1.44 bits per heavy atom. The number of aromatic amines is 1. The van der Waals surface area contributed by atoms with Crippen molar-refractivity contribution in [1.29, 1.82) is 0 Å². The highest BCUT2D eigenvalue weighted by molar-refractivity contribution is 7.98. The number of esters is 1. The first-order valence-corrected chi connectivity index (χ1v) is 10.7. The van der Waals surface area contributed by atoms with Gasteiger partial charge in [0.2, 0.25) is 4.91 Å². The first-order valence-electron chi connectivity index (χ1n) is 8.15. The van der Waals surface area contributed by atoms with Gasteiger partial charge in [-0.15, -0.1) is 10.8 Å². The van der Waals surface area contributed by atoms with Gasteiger partial charge in [-0.2, -0.15) is 20.2 Å². The number of thioether (sulfide) groups is 1. The van der Waals surface area contributed by atoms with Crippen LogP contribution in [0.5, 0.6) is 0 Å². The summed E-state index contributed by atoms with van der Waals surface area (Å²) in [5, 5.41) is 5.69. The van der Waals surface area contributed by atoms with E-state index in [1.54, 1.807) is 25.0 Å². The number of carbonyl (C=O) groups excluding carboxylic acids is 1. The molecule has 0 aliphatic carbocycles. The number of sulfonamides is 1. The molecule has 0 saturated carbocycles. The van der Waals surface area contributed by atoms with E-state index in [1.807, 2.05) is 6.92 Å². The number of terminal acetylenes is 1. The number of amidine groups is 1. The van der Waals surface area contributed by atoms with E-state index >= 15 is 0 Å². The fourth-order valence-electron chi connectivity index (χ4n) is 2.23. The molecule has 1 aromatic rings. The maximum Gasteiger partial charge on any atom is 0.354 e. The third-order valence-electron chi connectivity index (χ3n) is 3.48. The molecule has 0 unspecified atom stereocenters. The van der Waals surface area contributed by atoms with Crippen molar-refractivity contribution in [3.8, 4) is 12.3 Å². The smallest absolute Gasteiger partial charge is 0.354 e. The number of H-pyrrole nitrogens is 1. The monoisotopic (exact) mass is 411 g/mol. The van der Waals surface area contributed by atoms with Gasteiger partial charge < -0.3 is 20.4 Å². The Bertz CT molecular complexity index is 896. The molecule has 0 amide bonds. The molecule has 1 aliphatic rings. The van der Waals surface area contributed by atoms with Gasteiger partial charge in [-0.25, -0.2) is 9.78 Å². The third-order valence-corrected chi connectivity index (χ3v) is 5.78. The summed E-state index contributed by atoms with van der Waals surface area (Å²) in [6, 6.07) is 0. The summed E-state index contributed by atoms with van der Waals surface area (Å²) in [7, 11) is -4.14. The number of aryl methyl sites for hydroxylation is 1. The number of nitrogens with zero attached hydrogens (tertiary/aromatic N) is 2.